The van der Waals surface area contributed by atoms with Gasteiger partial charge in [0.2, 0.25) is 0 Å². The lowest BCUT2D eigenvalue weighted by molar-refractivity contribution is 0.0693. The zero-order chi connectivity index (χ0) is 15.8. The molecule has 1 rings (SSSR count). The number of methoxy groups -OCH3 is 1. The molecule has 0 bridgehead atoms. The minimum atomic E-state index is -0.962. The van der Waals surface area contributed by atoms with Gasteiger partial charge in [-0.2, -0.15) is 0 Å². The molecule has 0 aliphatic rings. The first-order chi connectivity index (χ1) is 9.97. The molecule has 1 N–H and O–H groups in total. The van der Waals surface area contributed by atoms with Crippen molar-refractivity contribution < 1.29 is 14.6 Å². The lowest BCUT2D eigenvalue weighted by Gasteiger charge is -2.24. The minimum absolute atomic E-state index is 0.205. The fourth-order valence-corrected chi connectivity index (χ4v) is 2.20. The van der Waals surface area contributed by atoms with Crippen molar-refractivity contribution in [3.8, 4) is 5.75 Å². The number of carboxylic acid groups (broad SMARTS) is 1. The Kier molecular flexibility index (Phi) is 7.19. The molecule has 0 spiro atoms. The molecule has 0 aliphatic heterocycles. The number of carboxylic acids is 1. The Morgan fingerprint density at radius 3 is 2.48 bits per heavy atom. The first-order valence-electron chi connectivity index (χ1n) is 7.25. The van der Waals surface area contributed by atoms with Gasteiger partial charge in [0, 0.05) is 19.6 Å². The van der Waals surface area contributed by atoms with Crippen LogP contribution in [0.2, 0.25) is 0 Å². The topological polar surface area (TPSA) is 53.0 Å². The number of rotatable bonds is 9. The summed E-state index contributed by atoms with van der Waals surface area (Å²) in [5.41, 5.74) is 1.28. The molecule has 0 atom stereocenters. The summed E-state index contributed by atoms with van der Waals surface area (Å²) in [7, 11) is 5.63. The van der Waals surface area contributed by atoms with Crippen molar-refractivity contribution in [3.63, 3.8) is 0 Å². The first kappa shape index (κ1) is 17.5. The molecule has 0 fully saturated rings. The van der Waals surface area contributed by atoms with Gasteiger partial charge in [0.15, 0.2) is 0 Å². The highest BCUT2D eigenvalue weighted by Crippen LogP contribution is 2.21. The molecule has 0 heterocycles. The number of hydrogen-bond acceptors (Lipinski definition) is 4. The lowest BCUT2D eigenvalue weighted by Crippen LogP contribution is -2.32. The number of likely N-dealkylation sites (N-methyl/N-ethyl adjacent to an activating group) is 1. The van der Waals surface area contributed by atoms with Gasteiger partial charge in [-0.1, -0.05) is 13.0 Å². The normalized spacial score (nSPS) is 11.1. The van der Waals surface area contributed by atoms with Gasteiger partial charge in [-0.05, 0) is 44.8 Å². The maximum atomic E-state index is 11.1. The molecule has 21 heavy (non-hydrogen) atoms. The Morgan fingerprint density at radius 1 is 1.24 bits per heavy atom. The van der Waals surface area contributed by atoms with Crippen LogP contribution >= 0.6 is 0 Å². The molecule has 0 saturated carbocycles. The molecule has 0 aromatic heterocycles. The van der Waals surface area contributed by atoms with E-state index in [1.165, 1.54) is 7.11 Å². The molecule has 5 nitrogen and oxygen atoms in total. The fraction of sp³-hybridized carbons (Fsp3) is 0.562. The third-order valence-electron chi connectivity index (χ3n) is 3.31. The number of carbonyl (C=O) groups is 1. The van der Waals surface area contributed by atoms with Crippen LogP contribution in [0.25, 0.3) is 0 Å². The Bertz CT molecular complexity index is 461. The summed E-state index contributed by atoms with van der Waals surface area (Å²) in [5.74, 6) is -0.541. The van der Waals surface area contributed by atoms with Crippen LogP contribution in [0.3, 0.4) is 0 Å². The molecule has 0 aliphatic carbocycles. The molecule has 0 unspecified atom stereocenters. The van der Waals surface area contributed by atoms with Gasteiger partial charge in [0.05, 0.1) is 7.11 Å². The second-order valence-electron chi connectivity index (χ2n) is 5.42. The number of benzene rings is 1. The zero-order valence-electron chi connectivity index (χ0n) is 13.4. The molecule has 0 saturated heterocycles. The third-order valence-corrected chi connectivity index (χ3v) is 3.31. The maximum absolute atomic E-state index is 11.1. The average molecular weight is 294 g/mol. The van der Waals surface area contributed by atoms with E-state index in [1.807, 2.05) is 12.1 Å². The van der Waals surface area contributed by atoms with Crippen molar-refractivity contribution in [1.82, 2.24) is 9.80 Å². The summed E-state index contributed by atoms with van der Waals surface area (Å²) in [6, 6.07) is 5.30. The summed E-state index contributed by atoms with van der Waals surface area (Å²) in [5, 5.41) is 9.10. The van der Waals surface area contributed by atoms with E-state index in [9.17, 15) is 4.79 Å². The van der Waals surface area contributed by atoms with Gasteiger partial charge in [-0.3, -0.25) is 4.90 Å². The Hall–Kier alpha value is -1.59. The smallest absolute Gasteiger partial charge is 0.339 e. The van der Waals surface area contributed by atoms with Crippen LogP contribution in [0.5, 0.6) is 5.75 Å². The number of nitrogens with zero attached hydrogens (tertiary/aromatic N) is 2. The van der Waals surface area contributed by atoms with E-state index in [1.54, 1.807) is 6.07 Å². The fourth-order valence-electron chi connectivity index (χ4n) is 2.20. The van der Waals surface area contributed by atoms with Crippen LogP contribution in [0.1, 0.15) is 29.3 Å². The van der Waals surface area contributed by atoms with Crippen LogP contribution < -0.4 is 4.74 Å². The van der Waals surface area contributed by atoms with Gasteiger partial charge >= 0.3 is 5.97 Å². The van der Waals surface area contributed by atoms with Crippen molar-refractivity contribution in [2.45, 2.75) is 19.9 Å². The van der Waals surface area contributed by atoms with E-state index in [0.29, 0.717) is 5.75 Å². The SMILES string of the molecule is CCCN(CCN(C)C)Cc1ccc(C(=O)O)c(OC)c1. The van der Waals surface area contributed by atoms with E-state index in [4.69, 9.17) is 9.84 Å². The predicted molar refractivity (Wildman–Crippen MR) is 84.1 cm³/mol. The van der Waals surface area contributed by atoms with Crippen LogP contribution in [0.4, 0.5) is 0 Å². The van der Waals surface area contributed by atoms with Crippen molar-refractivity contribution >= 4 is 5.97 Å². The van der Waals surface area contributed by atoms with Gasteiger partial charge in [0.1, 0.15) is 11.3 Å². The molecule has 0 radical (unpaired) electrons. The minimum Gasteiger partial charge on any atom is -0.496 e. The zero-order valence-corrected chi connectivity index (χ0v) is 13.4. The molecule has 1 aromatic rings. The van der Waals surface area contributed by atoms with E-state index in [-0.39, 0.29) is 5.56 Å². The summed E-state index contributed by atoms with van der Waals surface area (Å²) in [6.07, 6.45) is 1.10. The summed E-state index contributed by atoms with van der Waals surface area (Å²) >= 11 is 0. The van der Waals surface area contributed by atoms with Crippen molar-refractivity contribution in [3.05, 3.63) is 29.3 Å². The highest BCUT2D eigenvalue weighted by Gasteiger charge is 2.13. The van der Waals surface area contributed by atoms with E-state index >= 15 is 0 Å². The number of hydrogen-bond donors (Lipinski definition) is 1. The van der Waals surface area contributed by atoms with E-state index < -0.39 is 5.97 Å². The number of ether oxygens (including phenoxy) is 1. The molecular weight excluding hydrogens is 268 g/mol. The summed E-state index contributed by atoms with van der Waals surface area (Å²) in [4.78, 5) is 15.6. The lowest BCUT2D eigenvalue weighted by atomic mass is 10.1. The largest absolute Gasteiger partial charge is 0.496 e. The highest BCUT2D eigenvalue weighted by atomic mass is 16.5. The molecular formula is C16H26N2O3. The second-order valence-corrected chi connectivity index (χ2v) is 5.42. The van der Waals surface area contributed by atoms with Crippen molar-refractivity contribution in [2.75, 3.05) is 40.8 Å². The Balaban J connectivity index is 2.80. The summed E-state index contributed by atoms with van der Waals surface area (Å²) < 4.78 is 5.18. The average Bonchev–Trinajstić information content (AvgIpc) is 2.44. The number of aromatic carboxylic acids is 1. The van der Waals surface area contributed by atoms with Crippen molar-refractivity contribution in [1.29, 1.82) is 0 Å². The van der Waals surface area contributed by atoms with E-state index in [2.05, 4.69) is 30.8 Å². The monoisotopic (exact) mass is 294 g/mol. The quantitative estimate of drug-likeness (QED) is 0.756. The molecule has 118 valence electrons. The van der Waals surface area contributed by atoms with Gasteiger partial charge in [0.25, 0.3) is 0 Å². The van der Waals surface area contributed by atoms with Crippen molar-refractivity contribution in [2.24, 2.45) is 0 Å². The first-order valence-corrected chi connectivity index (χ1v) is 7.25. The molecule has 5 heteroatoms. The van der Waals surface area contributed by atoms with Gasteiger partial charge in [-0.15, -0.1) is 0 Å². The molecule has 1 aromatic carbocycles. The van der Waals surface area contributed by atoms with Crippen LogP contribution in [0, 0.1) is 0 Å². The third kappa shape index (κ3) is 5.73. The Labute approximate surface area is 127 Å². The molecule has 0 amide bonds. The standard InChI is InChI=1S/C16H26N2O3/c1-5-8-18(10-9-17(2)3)12-13-6-7-14(16(19)20)15(11-13)21-4/h6-7,11H,5,8-10,12H2,1-4H3,(H,19,20). The van der Waals surface area contributed by atoms with Gasteiger partial charge in [-0.25, -0.2) is 4.79 Å². The Morgan fingerprint density at radius 2 is 1.95 bits per heavy atom. The maximum Gasteiger partial charge on any atom is 0.339 e. The van der Waals surface area contributed by atoms with Crippen LogP contribution in [-0.2, 0) is 6.54 Å². The van der Waals surface area contributed by atoms with Crippen LogP contribution in [0.15, 0.2) is 18.2 Å². The van der Waals surface area contributed by atoms with E-state index in [0.717, 1.165) is 38.2 Å². The predicted octanol–water partition coefficient (Wildman–Crippen LogP) is 2.17. The summed E-state index contributed by atoms with van der Waals surface area (Å²) in [6.45, 7) is 5.99. The highest BCUT2D eigenvalue weighted by molar-refractivity contribution is 5.90. The second kappa shape index (κ2) is 8.64. The van der Waals surface area contributed by atoms with Gasteiger partial charge < -0.3 is 14.7 Å². The van der Waals surface area contributed by atoms with Crippen LogP contribution in [-0.4, -0.2) is 61.7 Å².